The molecule has 1 N–H and O–H groups in total. The van der Waals surface area contributed by atoms with E-state index >= 15 is 0 Å². The fraction of sp³-hybridized carbons (Fsp3) is 0.0500. The smallest absolute Gasteiger partial charge is 0.338 e. The lowest BCUT2D eigenvalue weighted by molar-refractivity contribution is -0.119. The predicted molar refractivity (Wildman–Crippen MR) is 96.9 cm³/mol. The van der Waals surface area contributed by atoms with Crippen molar-refractivity contribution in [2.45, 2.75) is 0 Å². The summed E-state index contributed by atoms with van der Waals surface area (Å²) in [6, 6.07) is 18.1. The average molecular weight is 346 g/mol. The Bertz CT molecular complexity index is 1110. The van der Waals surface area contributed by atoms with Gasteiger partial charge >= 0.3 is 5.97 Å². The van der Waals surface area contributed by atoms with Crippen LogP contribution in [0.3, 0.4) is 0 Å². The molecule has 0 spiro atoms. The van der Waals surface area contributed by atoms with Crippen LogP contribution in [-0.2, 0) is 9.53 Å². The van der Waals surface area contributed by atoms with E-state index in [1.165, 1.54) is 12.5 Å². The van der Waals surface area contributed by atoms with Gasteiger partial charge in [0.1, 0.15) is 5.52 Å². The largest absolute Gasteiger partial charge is 0.452 e. The molecule has 26 heavy (non-hydrogen) atoms. The van der Waals surface area contributed by atoms with Crippen LogP contribution in [0.5, 0.6) is 0 Å². The van der Waals surface area contributed by atoms with Crippen LogP contribution in [0.2, 0.25) is 0 Å². The third-order valence-electron chi connectivity index (χ3n) is 3.97. The van der Waals surface area contributed by atoms with Gasteiger partial charge in [-0.25, -0.2) is 9.78 Å². The van der Waals surface area contributed by atoms with E-state index in [9.17, 15) is 9.59 Å². The molecule has 6 nitrogen and oxygen atoms in total. The summed E-state index contributed by atoms with van der Waals surface area (Å²) in [6.45, 7) is -0.378. The quantitative estimate of drug-likeness (QED) is 0.569. The number of amides is 1. The van der Waals surface area contributed by atoms with Crippen LogP contribution in [0.25, 0.3) is 21.9 Å². The highest BCUT2D eigenvalue weighted by atomic mass is 16.5. The van der Waals surface area contributed by atoms with Crippen LogP contribution >= 0.6 is 0 Å². The second kappa shape index (κ2) is 6.68. The number of rotatable bonds is 4. The van der Waals surface area contributed by atoms with Gasteiger partial charge in [-0.3, -0.25) is 4.79 Å². The average Bonchev–Trinajstić information content (AvgIpc) is 3.14. The van der Waals surface area contributed by atoms with E-state index < -0.39 is 11.9 Å². The summed E-state index contributed by atoms with van der Waals surface area (Å²) < 4.78 is 10.2. The van der Waals surface area contributed by atoms with Crippen molar-refractivity contribution in [3.63, 3.8) is 0 Å². The number of nitrogens with zero attached hydrogens (tertiary/aromatic N) is 1. The molecule has 0 saturated heterocycles. The van der Waals surface area contributed by atoms with Gasteiger partial charge < -0.3 is 14.5 Å². The van der Waals surface area contributed by atoms with Crippen molar-refractivity contribution in [3.05, 3.63) is 72.6 Å². The topological polar surface area (TPSA) is 81.4 Å². The van der Waals surface area contributed by atoms with E-state index in [0.29, 0.717) is 22.4 Å². The van der Waals surface area contributed by atoms with Gasteiger partial charge in [0.05, 0.1) is 5.56 Å². The molecule has 1 heterocycles. The Kier molecular flexibility index (Phi) is 4.07. The highest BCUT2D eigenvalue weighted by Gasteiger charge is 2.13. The lowest BCUT2D eigenvalue weighted by atomic mass is 10.1. The lowest BCUT2D eigenvalue weighted by Gasteiger charge is -2.09. The summed E-state index contributed by atoms with van der Waals surface area (Å²) in [5.74, 6) is -1.01. The fourth-order valence-corrected chi connectivity index (χ4v) is 2.72. The van der Waals surface area contributed by atoms with E-state index in [2.05, 4.69) is 10.3 Å². The fourth-order valence-electron chi connectivity index (χ4n) is 2.72. The molecular formula is C20H14N2O4. The zero-order valence-corrected chi connectivity index (χ0v) is 13.6. The van der Waals surface area contributed by atoms with Crippen molar-refractivity contribution < 1.29 is 18.7 Å². The summed E-state index contributed by atoms with van der Waals surface area (Å²) >= 11 is 0. The number of carbonyl (C=O) groups excluding carboxylic acids is 2. The lowest BCUT2D eigenvalue weighted by Crippen LogP contribution is -2.21. The first-order valence-corrected chi connectivity index (χ1v) is 7.99. The third-order valence-corrected chi connectivity index (χ3v) is 3.97. The normalized spacial score (nSPS) is 10.8. The number of benzene rings is 3. The number of nitrogens with one attached hydrogen (secondary N) is 1. The van der Waals surface area contributed by atoms with Gasteiger partial charge in [-0.15, -0.1) is 0 Å². The second-order valence-corrected chi connectivity index (χ2v) is 5.69. The molecule has 0 aliphatic carbocycles. The Morgan fingerprint density at radius 3 is 2.81 bits per heavy atom. The standard InChI is InChI=1S/C20H14N2O4/c23-19(22-16-7-3-5-13-4-1-2-6-15(13)16)11-25-20(24)14-8-9-17-18(10-14)26-12-21-17/h1-10,12H,11H2,(H,22,23). The monoisotopic (exact) mass is 346 g/mol. The summed E-state index contributed by atoms with van der Waals surface area (Å²) in [7, 11) is 0. The number of fused-ring (bicyclic) bond motifs is 2. The van der Waals surface area contributed by atoms with E-state index in [-0.39, 0.29) is 6.61 Å². The molecule has 6 heteroatoms. The molecule has 1 aromatic heterocycles. The zero-order chi connectivity index (χ0) is 17.9. The van der Waals surface area contributed by atoms with Gasteiger partial charge in [-0.1, -0.05) is 36.4 Å². The van der Waals surface area contributed by atoms with Crippen molar-refractivity contribution in [3.8, 4) is 0 Å². The predicted octanol–water partition coefficient (Wildman–Crippen LogP) is 3.78. The summed E-state index contributed by atoms with van der Waals surface area (Å²) in [5, 5.41) is 4.71. The Hall–Kier alpha value is -3.67. The highest BCUT2D eigenvalue weighted by Crippen LogP contribution is 2.22. The molecule has 1 amide bonds. The van der Waals surface area contributed by atoms with E-state index in [1.807, 2.05) is 36.4 Å². The number of esters is 1. The van der Waals surface area contributed by atoms with Gasteiger partial charge in [-0.2, -0.15) is 0 Å². The number of hydrogen-bond acceptors (Lipinski definition) is 5. The molecule has 3 aromatic carbocycles. The van der Waals surface area contributed by atoms with E-state index in [0.717, 1.165) is 10.8 Å². The van der Waals surface area contributed by atoms with Crippen molar-refractivity contribution in [2.75, 3.05) is 11.9 Å². The molecule has 0 radical (unpaired) electrons. The Morgan fingerprint density at radius 1 is 1.04 bits per heavy atom. The number of oxazole rings is 1. The highest BCUT2D eigenvalue weighted by molar-refractivity contribution is 6.03. The summed E-state index contributed by atoms with van der Waals surface area (Å²) in [4.78, 5) is 28.2. The molecule has 0 saturated carbocycles. The first-order valence-electron chi connectivity index (χ1n) is 7.99. The van der Waals surface area contributed by atoms with Crippen molar-refractivity contribution in [1.82, 2.24) is 4.98 Å². The first kappa shape index (κ1) is 15.8. The zero-order valence-electron chi connectivity index (χ0n) is 13.6. The molecule has 0 aliphatic rings. The number of anilines is 1. The van der Waals surface area contributed by atoms with Gasteiger partial charge in [0.15, 0.2) is 18.6 Å². The number of aromatic nitrogens is 1. The van der Waals surface area contributed by atoms with Gasteiger partial charge in [0.25, 0.3) is 5.91 Å². The Morgan fingerprint density at radius 2 is 1.88 bits per heavy atom. The van der Waals surface area contributed by atoms with Crippen LogP contribution < -0.4 is 5.32 Å². The maximum atomic E-state index is 12.1. The minimum Gasteiger partial charge on any atom is -0.452 e. The second-order valence-electron chi connectivity index (χ2n) is 5.69. The summed E-state index contributed by atoms with van der Waals surface area (Å²) in [5.41, 5.74) is 2.11. The summed E-state index contributed by atoms with van der Waals surface area (Å²) in [6.07, 6.45) is 1.30. The Labute approximate surface area is 148 Å². The molecule has 4 rings (SSSR count). The molecule has 0 aliphatic heterocycles. The minimum atomic E-state index is -0.601. The van der Waals surface area contributed by atoms with Gasteiger partial charge in [-0.05, 0) is 29.7 Å². The first-order chi connectivity index (χ1) is 12.7. The molecular weight excluding hydrogens is 332 g/mol. The van der Waals surface area contributed by atoms with E-state index in [1.54, 1.807) is 18.2 Å². The van der Waals surface area contributed by atoms with Crippen molar-refractivity contribution in [1.29, 1.82) is 0 Å². The van der Waals surface area contributed by atoms with Crippen LogP contribution in [0.4, 0.5) is 5.69 Å². The molecule has 0 atom stereocenters. The maximum Gasteiger partial charge on any atom is 0.338 e. The van der Waals surface area contributed by atoms with Crippen LogP contribution in [0.15, 0.2) is 71.5 Å². The molecule has 0 bridgehead atoms. The molecule has 0 fully saturated rings. The van der Waals surface area contributed by atoms with Crippen molar-refractivity contribution >= 4 is 39.4 Å². The van der Waals surface area contributed by atoms with Crippen LogP contribution in [0, 0.1) is 0 Å². The molecule has 0 unspecified atom stereocenters. The molecule has 128 valence electrons. The van der Waals surface area contributed by atoms with Crippen molar-refractivity contribution in [2.24, 2.45) is 0 Å². The van der Waals surface area contributed by atoms with E-state index in [4.69, 9.17) is 9.15 Å². The Balaban J connectivity index is 1.42. The third kappa shape index (κ3) is 3.12. The SMILES string of the molecule is O=C(COC(=O)c1ccc2ncoc2c1)Nc1cccc2ccccc12. The number of ether oxygens (including phenoxy) is 1. The van der Waals surface area contributed by atoms with Crippen LogP contribution in [0.1, 0.15) is 10.4 Å². The van der Waals surface area contributed by atoms with Crippen LogP contribution in [-0.4, -0.2) is 23.5 Å². The maximum absolute atomic E-state index is 12.1. The number of carbonyl (C=O) groups is 2. The number of hydrogen-bond donors (Lipinski definition) is 1. The minimum absolute atomic E-state index is 0.298. The van der Waals surface area contributed by atoms with Gasteiger partial charge in [0, 0.05) is 11.1 Å². The molecule has 4 aromatic rings. The van der Waals surface area contributed by atoms with Gasteiger partial charge in [0.2, 0.25) is 0 Å².